The topological polar surface area (TPSA) is 22.0 Å². The monoisotopic (exact) mass is 177 g/mol. The molecule has 2 heteroatoms. The van der Waals surface area contributed by atoms with Gasteiger partial charge in [0.2, 0.25) is 0 Å². The highest BCUT2D eigenvalue weighted by Gasteiger charge is 2.24. The number of pyridine rings is 1. The van der Waals surface area contributed by atoms with Crippen LogP contribution in [0.3, 0.4) is 0 Å². The molecule has 2 rings (SSSR count). The molecular weight excluding hydrogens is 162 g/mol. The number of aryl methyl sites for hydroxylation is 1. The first-order valence-electron chi connectivity index (χ1n) is 4.90. The minimum Gasteiger partial charge on any atom is -0.309 e. The summed E-state index contributed by atoms with van der Waals surface area (Å²) in [4.78, 5) is 11.6. The molecule has 2 nitrogen and oxygen atoms in total. The highest BCUT2D eigenvalue weighted by Crippen LogP contribution is 2.29. The van der Waals surface area contributed by atoms with Crippen molar-refractivity contribution in [2.24, 2.45) is 5.92 Å². The summed E-state index contributed by atoms with van der Waals surface area (Å²) in [6, 6.07) is 5.99. The van der Waals surface area contributed by atoms with E-state index in [0.29, 0.717) is 12.0 Å². The molecule has 0 radical (unpaired) electrons. The van der Waals surface area contributed by atoms with Gasteiger partial charge >= 0.3 is 0 Å². The molecule has 1 atom stereocenters. The first-order chi connectivity index (χ1) is 6.20. The van der Waals surface area contributed by atoms with Gasteiger partial charge in [-0.05, 0) is 24.8 Å². The maximum Gasteiger partial charge on any atom is 0.250 e. The second-order valence-corrected chi connectivity index (χ2v) is 4.08. The van der Waals surface area contributed by atoms with Gasteiger partial charge in [-0.15, -0.1) is 0 Å². The van der Waals surface area contributed by atoms with Crippen LogP contribution in [-0.4, -0.2) is 4.57 Å². The summed E-state index contributed by atoms with van der Waals surface area (Å²) in [5.41, 5.74) is 1.36. The predicted octanol–water partition coefficient (Wildman–Crippen LogP) is 1.99. The fourth-order valence-corrected chi connectivity index (χ4v) is 2.18. The largest absolute Gasteiger partial charge is 0.309 e. The average Bonchev–Trinajstić information content (AvgIpc) is 2.49. The molecule has 0 aromatic carbocycles. The maximum atomic E-state index is 11.6. The lowest BCUT2D eigenvalue weighted by molar-refractivity contribution is 0.384. The lowest BCUT2D eigenvalue weighted by atomic mass is 10.0. The molecule has 1 aliphatic heterocycles. The lowest BCUT2D eigenvalue weighted by Gasteiger charge is -2.17. The van der Waals surface area contributed by atoms with Crippen molar-refractivity contribution in [3.63, 3.8) is 0 Å². The second-order valence-electron chi connectivity index (χ2n) is 4.08. The Bertz CT molecular complexity index is 365. The molecular formula is C11H15NO. The van der Waals surface area contributed by atoms with Gasteiger partial charge in [0.1, 0.15) is 0 Å². The molecule has 0 N–H and O–H groups in total. The van der Waals surface area contributed by atoms with Crippen LogP contribution in [0, 0.1) is 5.92 Å². The van der Waals surface area contributed by atoms with Crippen LogP contribution in [0.1, 0.15) is 32.0 Å². The van der Waals surface area contributed by atoms with E-state index in [0.717, 1.165) is 12.8 Å². The van der Waals surface area contributed by atoms with Gasteiger partial charge in [-0.1, -0.05) is 19.9 Å². The van der Waals surface area contributed by atoms with Gasteiger partial charge in [-0.2, -0.15) is 0 Å². The van der Waals surface area contributed by atoms with E-state index in [9.17, 15) is 4.79 Å². The molecule has 0 spiro atoms. The minimum atomic E-state index is 0.161. The zero-order chi connectivity index (χ0) is 9.42. The molecule has 1 aliphatic rings. The van der Waals surface area contributed by atoms with E-state index in [1.807, 2.05) is 10.6 Å². The van der Waals surface area contributed by atoms with E-state index in [1.165, 1.54) is 5.69 Å². The van der Waals surface area contributed by atoms with Crippen LogP contribution in [0.4, 0.5) is 0 Å². The molecule has 1 aromatic heterocycles. The molecule has 0 bridgehead atoms. The van der Waals surface area contributed by atoms with Crippen LogP contribution in [0.2, 0.25) is 0 Å². The van der Waals surface area contributed by atoms with Gasteiger partial charge in [0.15, 0.2) is 0 Å². The molecule has 0 saturated carbocycles. The maximum absolute atomic E-state index is 11.6. The predicted molar refractivity (Wildman–Crippen MR) is 52.9 cm³/mol. The third-order valence-corrected chi connectivity index (χ3v) is 2.87. The first-order valence-corrected chi connectivity index (χ1v) is 4.90. The number of nitrogens with zero attached hydrogens (tertiary/aromatic N) is 1. The van der Waals surface area contributed by atoms with Crippen molar-refractivity contribution in [1.29, 1.82) is 0 Å². The van der Waals surface area contributed by atoms with Gasteiger partial charge < -0.3 is 4.57 Å². The number of fused-ring (bicyclic) bond motifs is 1. The van der Waals surface area contributed by atoms with Gasteiger partial charge in [0.25, 0.3) is 5.56 Å². The van der Waals surface area contributed by atoms with Gasteiger partial charge in [0.05, 0.1) is 0 Å². The summed E-state index contributed by atoms with van der Waals surface area (Å²) in [5.74, 6) is 0.557. The minimum absolute atomic E-state index is 0.161. The van der Waals surface area contributed by atoms with Crippen molar-refractivity contribution in [3.8, 4) is 0 Å². The molecule has 0 saturated heterocycles. The zero-order valence-electron chi connectivity index (χ0n) is 8.16. The summed E-state index contributed by atoms with van der Waals surface area (Å²) in [6.07, 6.45) is 2.18. The molecule has 13 heavy (non-hydrogen) atoms. The van der Waals surface area contributed by atoms with E-state index in [-0.39, 0.29) is 5.56 Å². The van der Waals surface area contributed by atoms with Crippen molar-refractivity contribution in [3.05, 3.63) is 34.2 Å². The van der Waals surface area contributed by atoms with Crippen molar-refractivity contribution in [2.45, 2.75) is 32.7 Å². The number of aromatic nitrogens is 1. The number of hydrogen-bond acceptors (Lipinski definition) is 1. The van der Waals surface area contributed by atoms with E-state index < -0.39 is 0 Å². The lowest BCUT2D eigenvalue weighted by Crippen LogP contribution is -2.24. The highest BCUT2D eigenvalue weighted by atomic mass is 16.1. The summed E-state index contributed by atoms with van der Waals surface area (Å²) >= 11 is 0. The molecule has 70 valence electrons. The Hall–Kier alpha value is -1.05. The fraction of sp³-hybridized carbons (Fsp3) is 0.545. The van der Waals surface area contributed by atoms with Crippen LogP contribution in [0.5, 0.6) is 0 Å². The van der Waals surface area contributed by atoms with E-state index in [2.05, 4.69) is 19.9 Å². The normalized spacial score (nSPS) is 20.7. The zero-order valence-corrected chi connectivity index (χ0v) is 8.16. The highest BCUT2D eigenvalue weighted by molar-refractivity contribution is 5.12. The van der Waals surface area contributed by atoms with Crippen LogP contribution in [-0.2, 0) is 6.42 Å². The van der Waals surface area contributed by atoms with Crippen LogP contribution < -0.4 is 5.56 Å². The molecule has 0 aliphatic carbocycles. The third kappa shape index (κ3) is 1.30. The molecule has 1 aromatic rings. The molecule has 1 unspecified atom stereocenters. The Kier molecular flexibility index (Phi) is 1.98. The van der Waals surface area contributed by atoms with Crippen molar-refractivity contribution >= 4 is 0 Å². The van der Waals surface area contributed by atoms with Crippen LogP contribution in [0.25, 0.3) is 0 Å². The Morgan fingerprint density at radius 2 is 2.23 bits per heavy atom. The Labute approximate surface area is 78.2 Å². The Morgan fingerprint density at radius 3 is 2.92 bits per heavy atom. The van der Waals surface area contributed by atoms with Gasteiger partial charge in [0, 0.05) is 17.8 Å². The standard InChI is InChI=1S/C11H15NO/c1-8(2)10-7-6-9-4-3-5-11(13)12(9)10/h3-5,8,10H,6-7H2,1-2H3. The molecule has 0 amide bonds. The Balaban J connectivity index is 2.52. The summed E-state index contributed by atoms with van der Waals surface area (Å²) in [6.45, 7) is 4.36. The number of hydrogen-bond donors (Lipinski definition) is 0. The fourth-order valence-electron chi connectivity index (χ4n) is 2.18. The SMILES string of the molecule is CC(C)C1CCc2cccc(=O)n21. The Morgan fingerprint density at radius 1 is 1.46 bits per heavy atom. The molecule has 0 fully saturated rings. The van der Waals surface area contributed by atoms with E-state index >= 15 is 0 Å². The van der Waals surface area contributed by atoms with Gasteiger partial charge in [-0.25, -0.2) is 0 Å². The quantitative estimate of drug-likeness (QED) is 0.643. The van der Waals surface area contributed by atoms with E-state index in [4.69, 9.17) is 0 Å². The summed E-state index contributed by atoms with van der Waals surface area (Å²) in [5, 5.41) is 0. The first kappa shape index (κ1) is 8.54. The average molecular weight is 177 g/mol. The smallest absolute Gasteiger partial charge is 0.250 e. The number of rotatable bonds is 1. The summed E-state index contributed by atoms with van der Waals surface area (Å²) in [7, 11) is 0. The van der Waals surface area contributed by atoms with Crippen molar-refractivity contribution < 1.29 is 0 Å². The van der Waals surface area contributed by atoms with Crippen molar-refractivity contribution in [2.75, 3.05) is 0 Å². The van der Waals surface area contributed by atoms with Gasteiger partial charge in [-0.3, -0.25) is 4.79 Å². The van der Waals surface area contributed by atoms with Crippen LogP contribution in [0.15, 0.2) is 23.0 Å². The molecule has 2 heterocycles. The van der Waals surface area contributed by atoms with E-state index in [1.54, 1.807) is 6.07 Å². The third-order valence-electron chi connectivity index (χ3n) is 2.87. The van der Waals surface area contributed by atoms with Crippen LogP contribution >= 0.6 is 0 Å². The summed E-state index contributed by atoms with van der Waals surface area (Å²) < 4.78 is 1.96. The van der Waals surface area contributed by atoms with Crippen molar-refractivity contribution in [1.82, 2.24) is 4.57 Å². The second kappa shape index (κ2) is 3.02.